The number of aryl methyl sites for hydroxylation is 2. The highest BCUT2D eigenvalue weighted by Gasteiger charge is 2.02. The minimum absolute atomic E-state index is 0.0185. The van der Waals surface area contributed by atoms with Crippen molar-refractivity contribution < 1.29 is 8.42 Å². The Bertz CT molecular complexity index is 369. The maximum Gasteiger partial charge on any atom is 0.209 e. The Kier molecular flexibility index (Phi) is 3.05. The fourth-order valence-corrected chi connectivity index (χ4v) is 1.61. The zero-order chi connectivity index (χ0) is 9.90. The number of nitrogens with two attached hydrogens (primary N) is 1. The van der Waals surface area contributed by atoms with Gasteiger partial charge in [0.05, 0.1) is 5.75 Å². The monoisotopic (exact) mass is 203 g/mol. The Morgan fingerprint density at radius 3 is 2.77 bits per heavy atom. The Morgan fingerprint density at radius 2 is 2.31 bits per heavy atom. The number of imidazole rings is 1. The third-order valence-electron chi connectivity index (χ3n) is 1.75. The largest absolute Gasteiger partial charge is 0.335 e. The Hall–Kier alpha value is -0.880. The molecule has 1 rings (SSSR count). The SMILES string of the molecule is Cc1nccn1CCCS(N)(=O)=O. The highest BCUT2D eigenvalue weighted by atomic mass is 32.2. The minimum Gasteiger partial charge on any atom is -0.335 e. The highest BCUT2D eigenvalue weighted by molar-refractivity contribution is 7.89. The van der Waals surface area contributed by atoms with Crippen molar-refractivity contribution in [2.75, 3.05) is 5.75 Å². The van der Waals surface area contributed by atoms with Crippen LogP contribution in [0.25, 0.3) is 0 Å². The average Bonchev–Trinajstić information content (AvgIpc) is 2.34. The van der Waals surface area contributed by atoms with Gasteiger partial charge in [0.2, 0.25) is 10.0 Å². The van der Waals surface area contributed by atoms with Gasteiger partial charge in [-0.2, -0.15) is 0 Å². The summed E-state index contributed by atoms with van der Waals surface area (Å²) in [6, 6.07) is 0. The summed E-state index contributed by atoms with van der Waals surface area (Å²) in [6.45, 7) is 2.51. The maximum absolute atomic E-state index is 10.6. The van der Waals surface area contributed by atoms with Gasteiger partial charge in [-0.1, -0.05) is 0 Å². The Morgan fingerprint density at radius 1 is 1.62 bits per heavy atom. The van der Waals surface area contributed by atoms with E-state index in [0.717, 1.165) is 5.82 Å². The van der Waals surface area contributed by atoms with Crippen molar-refractivity contribution in [2.24, 2.45) is 5.14 Å². The normalized spacial score (nSPS) is 11.8. The van der Waals surface area contributed by atoms with Gasteiger partial charge in [-0.05, 0) is 13.3 Å². The molecule has 0 saturated carbocycles. The van der Waals surface area contributed by atoms with Gasteiger partial charge in [0.25, 0.3) is 0 Å². The molecule has 0 spiro atoms. The van der Waals surface area contributed by atoms with Crippen LogP contribution in [0.15, 0.2) is 12.4 Å². The number of nitrogens with zero attached hydrogens (tertiary/aromatic N) is 2. The molecule has 0 radical (unpaired) electrons. The van der Waals surface area contributed by atoms with E-state index >= 15 is 0 Å². The number of hydrogen-bond acceptors (Lipinski definition) is 3. The van der Waals surface area contributed by atoms with Crippen molar-refractivity contribution in [2.45, 2.75) is 19.9 Å². The summed E-state index contributed by atoms with van der Waals surface area (Å²) < 4.78 is 23.1. The highest BCUT2D eigenvalue weighted by Crippen LogP contribution is 1.97. The van der Waals surface area contributed by atoms with Crippen LogP contribution in [0.3, 0.4) is 0 Å². The molecule has 13 heavy (non-hydrogen) atoms. The summed E-state index contributed by atoms with van der Waals surface area (Å²) in [4.78, 5) is 4.01. The molecule has 0 unspecified atom stereocenters. The van der Waals surface area contributed by atoms with Crippen molar-refractivity contribution in [1.82, 2.24) is 9.55 Å². The zero-order valence-electron chi connectivity index (χ0n) is 7.47. The first kappa shape index (κ1) is 10.2. The van der Waals surface area contributed by atoms with Crippen LogP contribution in [-0.2, 0) is 16.6 Å². The van der Waals surface area contributed by atoms with Gasteiger partial charge in [-0.25, -0.2) is 18.5 Å². The second-order valence-corrected chi connectivity index (χ2v) is 4.62. The lowest BCUT2D eigenvalue weighted by atomic mass is 10.4. The molecule has 0 saturated heterocycles. The molecule has 0 fully saturated rings. The van der Waals surface area contributed by atoms with Crippen LogP contribution in [0, 0.1) is 6.92 Å². The van der Waals surface area contributed by atoms with Gasteiger partial charge in [0.1, 0.15) is 5.82 Å². The van der Waals surface area contributed by atoms with E-state index < -0.39 is 10.0 Å². The van der Waals surface area contributed by atoms with Crippen molar-refractivity contribution >= 4 is 10.0 Å². The number of aromatic nitrogens is 2. The van der Waals surface area contributed by atoms with E-state index in [-0.39, 0.29) is 5.75 Å². The van der Waals surface area contributed by atoms with Crippen molar-refractivity contribution in [3.63, 3.8) is 0 Å². The summed E-state index contributed by atoms with van der Waals surface area (Å²) in [5, 5.41) is 4.86. The number of hydrogen-bond donors (Lipinski definition) is 1. The van der Waals surface area contributed by atoms with Crippen LogP contribution in [-0.4, -0.2) is 23.7 Å². The van der Waals surface area contributed by atoms with E-state index in [1.54, 1.807) is 6.20 Å². The van der Waals surface area contributed by atoms with Crippen LogP contribution < -0.4 is 5.14 Å². The molecule has 0 aromatic carbocycles. The molecule has 6 heteroatoms. The van der Waals surface area contributed by atoms with E-state index in [1.807, 2.05) is 17.7 Å². The first-order chi connectivity index (χ1) is 5.99. The summed E-state index contributed by atoms with van der Waals surface area (Å²) in [7, 11) is -3.32. The van der Waals surface area contributed by atoms with Gasteiger partial charge in [-0.15, -0.1) is 0 Å². The van der Waals surface area contributed by atoms with E-state index in [4.69, 9.17) is 5.14 Å². The molecule has 2 N–H and O–H groups in total. The van der Waals surface area contributed by atoms with Gasteiger partial charge in [0, 0.05) is 18.9 Å². The molecule has 1 aromatic heterocycles. The van der Waals surface area contributed by atoms with Crippen LogP contribution in [0.1, 0.15) is 12.2 Å². The third-order valence-corrected chi connectivity index (χ3v) is 2.61. The van der Waals surface area contributed by atoms with E-state index in [2.05, 4.69) is 4.98 Å². The molecule has 0 bridgehead atoms. The fourth-order valence-electron chi connectivity index (χ4n) is 1.08. The first-order valence-corrected chi connectivity index (χ1v) is 5.69. The fraction of sp³-hybridized carbons (Fsp3) is 0.571. The lowest BCUT2D eigenvalue weighted by Gasteiger charge is -2.03. The molecule has 1 aromatic rings. The lowest BCUT2D eigenvalue weighted by Crippen LogP contribution is -2.17. The summed E-state index contributed by atoms with van der Waals surface area (Å²) >= 11 is 0. The molecule has 5 nitrogen and oxygen atoms in total. The third kappa shape index (κ3) is 3.56. The number of primary sulfonamides is 1. The van der Waals surface area contributed by atoms with Crippen LogP contribution >= 0.6 is 0 Å². The first-order valence-electron chi connectivity index (χ1n) is 3.97. The van der Waals surface area contributed by atoms with Gasteiger partial charge >= 0.3 is 0 Å². The Labute approximate surface area is 77.6 Å². The molecule has 0 atom stereocenters. The van der Waals surface area contributed by atoms with E-state index in [9.17, 15) is 8.42 Å². The summed E-state index contributed by atoms with van der Waals surface area (Å²) in [6.07, 6.45) is 4.03. The quantitative estimate of drug-likeness (QED) is 0.740. The topological polar surface area (TPSA) is 78.0 Å². The van der Waals surface area contributed by atoms with Gasteiger partial charge < -0.3 is 4.57 Å². The molecular weight excluding hydrogens is 190 g/mol. The summed E-state index contributed by atoms with van der Waals surface area (Å²) in [5.41, 5.74) is 0. The second-order valence-electron chi connectivity index (χ2n) is 2.89. The summed E-state index contributed by atoms with van der Waals surface area (Å²) in [5.74, 6) is 0.902. The van der Waals surface area contributed by atoms with Crippen LogP contribution in [0.5, 0.6) is 0 Å². The molecule has 1 heterocycles. The second kappa shape index (κ2) is 3.89. The smallest absolute Gasteiger partial charge is 0.209 e. The maximum atomic E-state index is 10.6. The molecule has 0 aliphatic carbocycles. The molecule has 0 aliphatic rings. The minimum atomic E-state index is -3.32. The Balaban J connectivity index is 2.41. The van der Waals surface area contributed by atoms with E-state index in [0.29, 0.717) is 13.0 Å². The molecular formula is C7H13N3O2S. The average molecular weight is 203 g/mol. The van der Waals surface area contributed by atoms with Crippen LogP contribution in [0.4, 0.5) is 0 Å². The van der Waals surface area contributed by atoms with Crippen LogP contribution in [0.2, 0.25) is 0 Å². The predicted molar refractivity (Wildman–Crippen MR) is 49.6 cm³/mol. The molecule has 74 valence electrons. The lowest BCUT2D eigenvalue weighted by molar-refractivity contribution is 0.586. The molecule has 0 amide bonds. The van der Waals surface area contributed by atoms with Crippen molar-refractivity contribution in [1.29, 1.82) is 0 Å². The van der Waals surface area contributed by atoms with Gasteiger partial charge in [-0.3, -0.25) is 0 Å². The molecule has 0 aliphatic heterocycles. The van der Waals surface area contributed by atoms with Crippen molar-refractivity contribution in [3.05, 3.63) is 18.2 Å². The van der Waals surface area contributed by atoms with Crippen molar-refractivity contribution in [3.8, 4) is 0 Å². The van der Waals surface area contributed by atoms with Gasteiger partial charge in [0.15, 0.2) is 0 Å². The zero-order valence-corrected chi connectivity index (χ0v) is 8.29. The predicted octanol–water partition coefficient (Wildman–Crippen LogP) is -0.130. The number of sulfonamides is 1. The van der Waals surface area contributed by atoms with E-state index in [1.165, 1.54) is 0 Å². The standard InChI is InChI=1S/C7H13N3O2S/c1-7-9-3-5-10(7)4-2-6-13(8,11)12/h3,5H,2,4,6H2,1H3,(H2,8,11,12). The number of rotatable bonds is 4.